The molecule has 1 saturated heterocycles. The molecule has 0 amide bonds. The number of anilines is 1. The molecule has 4 heteroatoms. The fourth-order valence-electron chi connectivity index (χ4n) is 3.19. The van der Waals surface area contributed by atoms with Gasteiger partial charge >= 0.3 is 0 Å². The summed E-state index contributed by atoms with van der Waals surface area (Å²) in [6.45, 7) is 11.7. The molecule has 0 unspecified atom stereocenters. The van der Waals surface area contributed by atoms with Crippen molar-refractivity contribution in [3.8, 4) is 0 Å². The number of rotatable bonds is 7. The number of nitrogens with one attached hydrogen (secondary N) is 1. The summed E-state index contributed by atoms with van der Waals surface area (Å²) < 4.78 is 0. The number of pyridine rings is 1. The first-order chi connectivity index (χ1) is 12.2. The van der Waals surface area contributed by atoms with Gasteiger partial charge in [-0.05, 0) is 29.7 Å². The van der Waals surface area contributed by atoms with Crippen LogP contribution in [0.2, 0.25) is 0 Å². The quantitative estimate of drug-likeness (QED) is 0.840. The van der Waals surface area contributed by atoms with E-state index in [2.05, 4.69) is 76.4 Å². The SMILES string of the molecule is CC(C)CNCc1ccc(N2CCN(Cc3ccccc3)CC2)nc1. The molecule has 1 aliphatic heterocycles. The topological polar surface area (TPSA) is 31.4 Å². The number of piperazine rings is 1. The lowest BCUT2D eigenvalue weighted by Crippen LogP contribution is -2.46. The summed E-state index contributed by atoms with van der Waals surface area (Å²) in [5.41, 5.74) is 2.65. The van der Waals surface area contributed by atoms with E-state index in [-0.39, 0.29) is 0 Å². The van der Waals surface area contributed by atoms with Gasteiger partial charge in [-0.1, -0.05) is 50.2 Å². The number of hydrogen-bond acceptors (Lipinski definition) is 4. The van der Waals surface area contributed by atoms with E-state index in [9.17, 15) is 0 Å². The van der Waals surface area contributed by atoms with Crippen LogP contribution in [0.15, 0.2) is 48.7 Å². The third kappa shape index (κ3) is 5.55. The first-order valence-corrected chi connectivity index (χ1v) is 9.37. The van der Waals surface area contributed by atoms with Crippen LogP contribution in [0.1, 0.15) is 25.0 Å². The van der Waals surface area contributed by atoms with Gasteiger partial charge in [0.1, 0.15) is 5.82 Å². The van der Waals surface area contributed by atoms with Crippen molar-refractivity contribution in [2.24, 2.45) is 5.92 Å². The van der Waals surface area contributed by atoms with E-state index in [1.165, 1.54) is 11.1 Å². The minimum atomic E-state index is 0.680. The summed E-state index contributed by atoms with van der Waals surface area (Å²) in [5.74, 6) is 1.78. The largest absolute Gasteiger partial charge is 0.354 e. The maximum absolute atomic E-state index is 4.68. The smallest absolute Gasteiger partial charge is 0.128 e. The highest BCUT2D eigenvalue weighted by atomic mass is 15.3. The van der Waals surface area contributed by atoms with Crippen molar-refractivity contribution in [1.82, 2.24) is 15.2 Å². The van der Waals surface area contributed by atoms with Gasteiger partial charge in [0.05, 0.1) is 0 Å². The molecule has 1 fully saturated rings. The van der Waals surface area contributed by atoms with E-state index in [4.69, 9.17) is 0 Å². The second kappa shape index (κ2) is 8.97. The monoisotopic (exact) mass is 338 g/mol. The summed E-state index contributed by atoms with van der Waals surface area (Å²) in [6, 6.07) is 15.1. The van der Waals surface area contributed by atoms with E-state index in [0.29, 0.717) is 5.92 Å². The predicted octanol–water partition coefficient (Wildman–Crippen LogP) is 3.15. The summed E-state index contributed by atoms with van der Waals surface area (Å²) in [4.78, 5) is 9.60. The van der Waals surface area contributed by atoms with Crippen molar-refractivity contribution in [1.29, 1.82) is 0 Å². The molecule has 4 nitrogen and oxygen atoms in total. The third-order valence-corrected chi connectivity index (χ3v) is 4.64. The van der Waals surface area contributed by atoms with Gasteiger partial charge in [0.15, 0.2) is 0 Å². The molecule has 0 atom stereocenters. The lowest BCUT2D eigenvalue weighted by atomic mass is 10.2. The minimum absolute atomic E-state index is 0.680. The Morgan fingerprint density at radius 3 is 2.36 bits per heavy atom. The zero-order chi connectivity index (χ0) is 17.5. The number of nitrogens with zero attached hydrogens (tertiary/aromatic N) is 3. The molecule has 0 bridgehead atoms. The molecule has 3 rings (SSSR count). The molecule has 1 aliphatic rings. The summed E-state index contributed by atoms with van der Waals surface area (Å²) in [6.07, 6.45) is 2.01. The van der Waals surface area contributed by atoms with E-state index >= 15 is 0 Å². The molecule has 2 aromatic rings. The maximum Gasteiger partial charge on any atom is 0.128 e. The van der Waals surface area contributed by atoms with E-state index in [0.717, 1.165) is 51.6 Å². The molecule has 1 aromatic carbocycles. The maximum atomic E-state index is 4.68. The van der Waals surface area contributed by atoms with Crippen LogP contribution in [0, 0.1) is 5.92 Å². The predicted molar refractivity (Wildman–Crippen MR) is 105 cm³/mol. The van der Waals surface area contributed by atoms with Gasteiger partial charge in [-0.25, -0.2) is 4.98 Å². The van der Waals surface area contributed by atoms with Gasteiger partial charge in [0.25, 0.3) is 0 Å². The first-order valence-electron chi connectivity index (χ1n) is 9.37. The highest BCUT2D eigenvalue weighted by molar-refractivity contribution is 5.40. The van der Waals surface area contributed by atoms with Crippen LogP contribution in [-0.4, -0.2) is 42.6 Å². The zero-order valence-corrected chi connectivity index (χ0v) is 15.5. The Kier molecular flexibility index (Phi) is 6.42. The Morgan fingerprint density at radius 2 is 1.72 bits per heavy atom. The Hall–Kier alpha value is -1.91. The molecular formula is C21H30N4. The Labute approximate surface area is 151 Å². The van der Waals surface area contributed by atoms with Crippen molar-refractivity contribution in [2.45, 2.75) is 26.9 Å². The van der Waals surface area contributed by atoms with Gasteiger partial charge < -0.3 is 10.2 Å². The van der Waals surface area contributed by atoms with E-state index in [1.807, 2.05) is 6.20 Å². The van der Waals surface area contributed by atoms with Crippen LogP contribution in [0.3, 0.4) is 0 Å². The molecule has 0 radical (unpaired) electrons. The average Bonchev–Trinajstić information content (AvgIpc) is 2.64. The standard InChI is InChI=1S/C21H30N4/c1-18(2)14-22-15-20-8-9-21(23-16-20)25-12-10-24(11-13-25)17-19-6-4-3-5-7-19/h3-9,16,18,22H,10-15,17H2,1-2H3. The molecule has 2 heterocycles. The van der Waals surface area contributed by atoms with Crippen LogP contribution in [0.25, 0.3) is 0 Å². The van der Waals surface area contributed by atoms with Gasteiger partial charge in [-0.2, -0.15) is 0 Å². The van der Waals surface area contributed by atoms with Crippen molar-refractivity contribution in [3.63, 3.8) is 0 Å². The first kappa shape index (κ1) is 17.9. The lowest BCUT2D eigenvalue weighted by molar-refractivity contribution is 0.249. The summed E-state index contributed by atoms with van der Waals surface area (Å²) >= 11 is 0. The number of hydrogen-bond donors (Lipinski definition) is 1. The Morgan fingerprint density at radius 1 is 0.960 bits per heavy atom. The fraction of sp³-hybridized carbons (Fsp3) is 0.476. The fourth-order valence-corrected chi connectivity index (χ4v) is 3.19. The molecule has 134 valence electrons. The van der Waals surface area contributed by atoms with Gasteiger partial charge in [0, 0.05) is 45.5 Å². The van der Waals surface area contributed by atoms with Crippen LogP contribution < -0.4 is 10.2 Å². The highest BCUT2D eigenvalue weighted by Gasteiger charge is 2.17. The van der Waals surface area contributed by atoms with Crippen molar-refractivity contribution < 1.29 is 0 Å². The van der Waals surface area contributed by atoms with Crippen LogP contribution in [-0.2, 0) is 13.1 Å². The molecule has 0 spiro atoms. The molecule has 0 aliphatic carbocycles. The molecular weight excluding hydrogens is 308 g/mol. The van der Waals surface area contributed by atoms with Crippen molar-refractivity contribution >= 4 is 5.82 Å². The van der Waals surface area contributed by atoms with Crippen molar-refractivity contribution in [3.05, 3.63) is 59.8 Å². The highest BCUT2D eigenvalue weighted by Crippen LogP contribution is 2.15. The molecule has 0 saturated carbocycles. The van der Waals surface area contributed by atoms with Crippen LogP contribution >= 0.6 is 0 Å². The Bertz CT molecular complexity index is 616. The number of benzene rings is 1. The third-order valence-electron chi connectivity index (χ3n) is 4.64. The zero-order valence-electron chi connectivity index (χ0n) is 15.5. The summed E-state index contributed by atoms with van der Waals surface area (Å²) in [5, 5.41) is 3.47. The lowest BCUT2D eigenvalue weighted by Gasteiger charge is -2.35. The molecule has 1 aromatic heterocycles. The second-order valence-corrected chi connectivity index (χ2v) is 7.30. The normalized spacial score (nSPS) is 15.7. The average molecular weight is 338 g/mol. The van der Waals surface area contributed by atoms with Crippen LogP contribution in [0.4, 0.5) is 5.82 Å². The molecule has 1 N–H and O–H groups in total. The van der Waals surface area contributed by atoms with E-state index in [1.54, 1.807) is 0 Å². The van der Waals surface area contributed by atoms with Crippen molar-refractivity contribution in [2.75, 3.05) is 37.6 Å². The second-order valence-electron chi connectivity index (χ2n) is 7.30. The number of aromatic nitrogens is 1. The van der Waals surface area contributed by atoms with Gasteiger partial charge in [0.2, 0.25) is 0 Å². The summed E-state index contributed by atoms with van der Waals surface area (Å²) in [7, 11) is 0. The Balaban J connectivity index is 1.46. The minimum Gasteiger partial charge on any atom is -0.354 e. The molecule has 25 heavy (non-hydrogen) atoms. The van der Waals surface area contributed by atoms with Gasteiger partial charge in [-0.15, -0.1) is 0 Å². The van der Waals surface area contributed by atoms with Gasteiger partial charge in [-0.3, -0.25) is 4.90 Å². The van der Waals surface area contributed by atoms with Crippen LogP contribution in [0.5, 0.6) is 0 Å². The van der Waals surface area contributed by atoms with E-state index < -0.39 is 0 Å².